The van der Waals surface area contributed by atoms with Gasteiger partial charge in [0.25, 0.3) is 0 Å². The highest BCUT2D eigenvalue weighted by molar-refractivity contribution is 6.31. The van der Waals surface area contributed by atoms with E-state index in [1.807, 2.05) is 0 Å². The van der Waals surface area contributed by atoms with Crippen LogP contribution in [0, 0.1) is 5.82 Å². The molecule has 0 amide bonds. The first-order chi connectivity index (χ1) is 9.16. The van der Waals surface area contributed by atoms with Crippen molar-refractivity contribution >= 4 is 28.3 Å². The van der Waals surface area contributed by atoms with Crippen molar-refractivity contribution in [3.05, 3.63) is 64.8 Å². The fraction of sp³-hybridized carbons (Fsp3) is 0. The van der Waals surface area contributed by atoms with Crippen LogP contribution in [0.5, 0.6) is 0 Å². The van der Waals surface area contributed by atoms with Gasteiger partial charge in [-0.15, -0.1) is 0 Å². The number of fused-ring (bicyclic) bond motifs is 1. The van der Waals surface area contributed by atoms with Crippen LogP contribution in [0.4, 0.5) is 4.39 Å². The molecule has 5 heteroatoms. The van der Waals surface area contributed by atoms with Crippen LogP contribution >= 0.6 is 11.6 Å². The maximum Gasteiger partial charge on any atom is 0.198 e. The van der Waals surface area contributed by atoms with E-state index in [1.54, 1.807) is 24.7 Å². The van der Waals surface area contributed by atoms with Crippen LogP contribution in [0.2, 0.25) is 5.02 Å². The first kappa shape index (κ1) is 11.9. The Morgan fingerprint density at radius 1 is 1.26 bits per heavy atom. The lowest BCUT2D eigenvalue weighted by Gasteiger charge is -2.02. The second-order valence-corrected chi connectivity index (χ2v) is 4.51. The Kier molecular flexibility index (Phi) is 2.80. The molecule has 3 aromatic rings. The minimum atomic E-state index is -0.590. The van der Waals surface area contributed by atoms with E-state index >= 15 is 0 Å². The minimum Gasteiger partial charge on any atom is -0.360 e. The smallest absolute Gasteiger partial charge is 0.198 e. The van der Waals surface area contributed by atoms with Gasteiger partial charge in [-0.05, 0) is 24.3 Å². The topological polar surface area (TPSA) is 45.8 Å². The van der Waals surface area contributed by atoms with E-state index in [9.17, 15) is 9.18 Å². The maximum absolute atomic E-state index is 13.7. The van der Waals surface area contributed by atoms with E-state index in [4.69, 9.17) is 11.6 Å². The van der Waals surface area contributed by atoms with Crippen molar-refractivity contribution in [3.8, 4) is 0 Å². The Morgan fingerprint density at radius 2 is 2.11 bits per heavy atom. The molecule has 0 unspecified atom stereocenters. The standard InChI is InChI=1S/C14H8ClFN2O/c15-8-1-2-12(16)9(5-8)14(19)11-7-18-13-3-4-17-6-10(11)13/h1-7,18H. The number of halogens is 2. The van der Waals surface area contributed by atoms with Gasteiger partial charge in [0.2, 0.25) is 0 Å². The van der Waals surface area contributed by atoms with Crippen LogP contribution in [-0.2, 0) is 0 Å². The summed E-state index contributed by atoms with van der Waals surface area (Å²) in [4.78, 5) is 19.3. The van der Waals surface area contributed by atoms with E-state index < -0.39 is 11.6 Å². The van der Waals surface area contributed by atoms with Gasteiger partial charge >= 0.3 is 0 Å². The molecule has 1 aromatic carbocycles. The summed E-state index contributed by atoms with van der Waals surface area (Å²) in [5.41, 5.74) is 1.11. The summed E-state index contributed by atoms with van der Waals surface area (Å²) in [7, 11) is 0. The number of nitrogens with one attached hydrogen (secondary N) is 1. The molecule has 0 aliphatic carbocycles. The molecule has 1 N–H and O–H groups in total. The van der Waals surface area contributed by atoms with Gasteiger partial charge in [0.05, 0.1) is 5.56 Å². The Labute approximate surface area is 113 Å². The third kappa shape index (κ3) is 2.00. The van der Waals surface area contributed by atoms with Gasteiger partial charge in [-0.25, -0.2) is 4.39 Å². The summed E-state index contributed by atoms with van der Waals surface area (Å²) in [6, 6.07) is 5.67. The second-order valence-electron chi connectivity index (χ2n) is 4.08. The summed E-state index contributed by atoms with van der Waals surface area (Å²) in [6.07, 6.45) is 4.74. The molecule has 2 aromatic heterocycles. The Morgan fingerprint density at radius 3 is 2.95 bits per heavy atom. The third-order valence-electron chi connectivity index (χ3n) is 2.90. The lowest BCUT2D eigenvalue weighted by atomic mass is 10.0. The molecule has 0 radical (unpaired) electrons. The zero-order chi connectivity index (χ0) is 13.4. The highest BCUT2D eigenvalue weighted by Gasteiger charge is 2.18. The fourth-order valence-electron chi connectivity index (χ4n) is 1.97. The summed E-state index contributed by atoms with van der Waals surface area (Å²) in [5, 5.41) is 0.981. The van der Waals surface area contributed by atoms with E-state index in [1.165, 1.54) is 18.2 Å². The number of rotatable bonds is 2. The first-order valence-electron chi connectivity index (χ1n) is 5.57. The average molecular weight is 275 g/mol. The van der Waals surface area contributed by atoms with Gasteiger partial charge < -0.3 is 4.98 Å². The predicted octanol–water partition coefficient (Wildman–Crippen LogP) is 3.59. The first-order valence-corrected chi connectivity index (χ1v) is 5.95. The number of benzene rings is 1. The summed E-state index contributed by atoms with van der Waals surface area (Å²) in [6.45, 7) is 0. The summed E-state index contributed by atoms with van der Waals surface area (Å²) >= 11 is 5.80. The summed E-state index contributed by atoms with van der Waals surface area (Å²) < 4.78 is 13.7. The fourth-order valence-corrected chi connectivity index (χ4v) is 2.14. The monoisotopic (exact) mass is 274 g/mol. The van der Waals surface area contributed by atoms with Crippen molar-refractivity contribution in [2.24, 2.45) is 0 Å². The molecular formula is C14H8ClFN2O. The molecule has 94 valence electrons. The molecule has 0 atom stereocenters. The molecule has 0 fully saturated rings. The van der Waals surface area contributed by atoms with E-state index in [0.29, 0.717) is 16.0 Å². The zero-order valence-electron chi connectivity index (χ0n) is 9.65. The van der Waals surface area contributed by atoms with Crippen molar-refractivity contribution in [1.29, 1.82) is 0 Å². The third-order valence-corrected chi connectivity index (χ3v) is 3.14. The van der Waals surface area contributed by atoms with Gasteiger partial charge in [-0.1, -0.05) is 11.6 Å². The highest BCUT2D eigenvalue weighted by atomic mass is 35.5. The van der Waals surface area contributed by atoms with Crippen molar-refractivity contribution in [2.75, 3.05) is 0 Å². The highest BCUT2D eigenvalue weighted by Crippen LogP contribution is 2.23. The van der Waals surface area contributed by atoms with Crippen molar-refractivity contribution in [1.82, 2.24) is 9.97 Å². The maximum atomic E-state index is 13.7. The number of hydrogen-bond donors (Lipinski definition) is 1. The molecule has 19 heavy (non-hydrogen) atoms. The Bertz CT molecular complexity index is 782. The number of nitrogens with zero attached hydrogens (tertiary/aromatic N) is 1. The number of aromatic nitrogens is 2. The van der Waals surface area contributed by atoms with E-state index in [0.717, 1.165) is 5.52 Å². The molecule has 3 nitrogen and oxygen atoms in total. The van der Waals surface area contributed by atoms with Crippen LogP contribution < -0.4 is 0 Å². The molecule has 0 aliphatic heterocycles. The number of pyridine rings is 1. The van der Waals surface area contributed by atoms with Crippen LogP contribution in [0.1, 0.15) is 15.9 Å². The number of carbonyl (C=O) groups excluding carboxylic acids is 1. The molecule has 0 saturated heterocycles. The molecule has 2 heterocycles. The zero-order valence-corrected chi connectivity index (χ0v) is 10.4. The van der Waals surface area contributed by atoms with Gasteiger partial charge in [-0.2, -0.15) is 0 Å². The minimum absolute atomic E-state index is 0.0442. The van der Waals surface area contributed by atoms with Crippen LogP contribution in [0.25, 0.3) is 10.9 Å². The van der Waals surface area contributed by atoms with Gasteiger partial charge in [-0.3, -0.25) is 9.78 Å². The lowest BCUT2D eigenvalue weighted by Crippen LogP contribution is -2.03. The molecule has 3 rings (SSSR count). The SMILES string of the molecule is O=C(c1cc(Cl)ccc1F)c1c[nH]c2ccncc12. The van der Waals surface area contributed by atoms with Crippen LogP contribution in [-0.4, -0.2) is 15.8 Å². The van der Waals surface area contributed by atoms with Gasteiger partial charge in [0, 0.05) is 40.1 Å². The van der Waals surface area contributed by atoms with Gasteiger partial charge in [0.1, 0.15) is 5.82 Å². The number of H-pyrrole nitrogens is 1. The molecule has 0 aliphatic rings. The van der Waals surface area contributed by atoms with E-state index in [2.05, 4.69) is 9.97 Å². The number of aromatic amines is 1. The van der Waals surface area contributed by atoms with E-state index in [-0.39, 0.29) is 5.56 Å². The average Bonchev–Trinajstić information content (AvgIpc) is 2.84. The van der Waals surface area contributed by atoms with Crippen LogP contribution in [0.15, 0.2) is 42.9 Å². The second kappa shape index (κ2) is 4.48. The molecule has 0 spiro atoms. The molecule has 0 bridgehead atoms. The molecular weight excluding hydrogens is 267 g/mol. The largest absolute Gasteiger partial charge is 0.360 e. The van der Waals surface area contributed by atoms with Crippen molar-refractivity contribution < 1.29 is 9.18 Å². The van der Waals surface area contributed by atoms with Crippen molar-refractivity contribution in [2.45, 2.75) is 0 Å². The number of hydrogen-bond acceptors (Lipinski definition) is 2. The predicted molar refractivity (Wildman–Crippen MR) is 70.9 cm³/mol. The number of ketones is 1. The number of carbonyl (C=O) groups is 1. The summed E-state index contributed by atoms with van der Waals surface area (Å²) in [5.74, 6) is -1.01. The lowest BCUT2D eigenvalue weighted by molar-refractivity contribution is 0.103. The molecule has 0 saturated carbocycles. The van der Waals surface area contributed by atoms with Crippen molar-refractivity contribution in [3.63, 3.8) is 0 Å². The quantitative estimate of drug-likeness (QED) is 0.726. The normalized spacial score (nSPS) is 10.8. The Hall–Kier alpha value is -2.20. The van der Waals surface area contributed by atoms with Gasteiger partial charge in [0.15, 0.2) is 5.78 Å². The van der Waals surface area contributed by atoms with Crippen LogP contribution in [0.3, 0.4) is 0 Å². The Balaban J connectivity index is 2.16.